The van der Waals surface area contributed by atoms with Gasteiger partial charge in [0.15, 0.2) is 0 Å². The second-order valence-corrected chi connectivity index (χ2v) is 6.12. The molecule has 2 rings (SSSR count). The number of nitrogens with two attached hydrogens (primary N) is 1. The van der Waals surface area contributed by atoms with Crippen molar-refractivity contribution in [3.8, 4) is 0 Å². The smallest absolute Gasteiger partial charge is 0.224 e. The quantitative estimate of drug-likeness (QED) is 0.670. The Labute approximate surface area is 150 Å². The van der Waals surface area contributed by atoms with E-state index in [4.69, 9.17) is 5.73 Å². The van der Waals surface area contributed by atoms with Crippen LogP contribution in [0.4, 0.5) is 5.69 Å². The number of nitrogens with one attached hydrogen (secondary N) is 1. The molecule has 0 aliphatic carbocycles. The minimum absolute atomic E-state index is 0. The molecule has 0 saturated carbocycles. The molecule has 0 unspecified atom stereocenters. The maximum absolute atomic E-state index is 11.9. The summed E-state index contributed by atoms with van der Waals surface area (Å²) in [5.74, 6) is 0.289. The highest BCUT2D eigenvalue weighted by Gasteiger charge is 2.19. The van der Waals surface area contributed by atoms with Crippen molar-refractivity contribution in [1.82, 2.24) is 4.90 Å². The molecule has 0 radical (unpaired) electrons. The van der Waals surface area contributed by atoms with Crippen LogP contribution in [-0.2, 0) is 16.1 Å². The third-order valence-electron chi connectivity index (χ3n) is 4.14. The van der Waals surface area contributed by atoms with Crippen LogP contribution < -0.4 is 11.1 Å². The van der Waals surface area contributed by atoms with Gasteiger partial charge in [-0.3, -0.25) is 9.59 Å². The second-order valence-electron chi connectivity index (χ2n) is 6.12. The molecular formula is C18H28ClN3O2. The van der Waals surface area contributed by atoms with Gasteiger partial charge in [0.05, 0.1) is 0 Å². The van der Waals surface area contributed by atoms with Crippen molar-refractivity contribution in [2.24, 2.45) is 5.73 Å². The van der Waals surface area contributed by atoms with Crippen molar-refractivity contribution in [2.75, 3.05) is 18.4 Å². The molecule has 0 bridgehead atoms. The SMILES string of the molecule is Cl.NCCCCCCC(=O)Nc1ccc(CN2CCCC2=O)cc1. The van der Waals surface area contributed by atoms with Crippen molar-refractivity contribution in [3.05, 3.63) is 29.8 Å². The molecule has 1 aromatic carbocycles. The molecule has 2 amide bonds. The van der Waals surface area contributed by atoms with Crippen LogP contribution in [0.2, 0.25) is 0 Å². The van der Waals surface area contributed by atoms with Crippen molar-refractivity contribution < 1.29 is 9.59 Å². The summed E-state index contributed by atoms with van der Waals surface area (Å²) < 4.78 is 0. The van der Waals surface area contributed by atoms with Crippen molar-refractivity contribution in [1.29, 1.82) is 0 Å². The number of nitrogens with zero attached hydrogens (tertiary/aromatic N) is 1. The number of rotatable bonds is 9. The minimum Gasteiger partial charge on any atom is -0.338 e. The largest absolute Gasteiger partial charge is 0.338 e. The maximum Gasteiger partial charge on any atom is 0.224 e. The molecule has 1 heterocycles. The van der Waals surface area contributed by atoms with E-state index in [2.05, 4.69) is 5.32 Å². The lowest BCUT2D eigenvalue weighted by molar-refractivity contribution is -0.128. The summed E-state index contributed by atoms with van der Waals surface area (Å²) in [6, 6.07) is 7.76. The third kappa shape index (κ3) is 6.89. The maximum atomic E-state index is 11.9. The van der Waals surface area contributed by atoms with E-state index in [9.17, 15) is 9.59 Å². The average Bonchev–Trinajstić information content (AvgIpc) is 2.94. The van der Waals surface area contributed by atoms with Crippen LogP contribution in [0, 0.1) is 0 Å². The van der Waals surface area contributed by atoms with Gasteiger partial charge in [-0.15, -0.1) is 12.4 Å². The number of amides is 2. The van der Waals surface area contributed by atoms with Gasteiger partial charge in [0, 0.05) is 31.6 Å². The Morgan fingerprint density at radius 3 is 2.46 bits per heavy atom. The predicted molar refractivity (Wildman–Crippen MR) is 99.1 cm³/mol. The third-order valence-corrected chi connectivity index (χ3v) is 4.14. The molecule has 24 heavy (non-hydrogen) atoms. The highest BCUT2D eigenvalue weighted by atomic mass is 35.5. The zero-order chi connectivity index (χ0) is 16.5. The Balaban J connectivity index is 0.00000288. The first-order valence-electron chi connectivity index (χ1n) is 8.55. The van der Waals surface area contributed by atoms with Gasteiger partial charge in [-0.25, -0.2) is 0 Å². The Hall–Kier alpha value is -1.59. The van der Waals surface area contributed by atoms with Crippen LogP contribution >= 0.6 is 12.4 Å². The van der Waals surface area contributed by atoms with E-state index in [0.717, 1.165) is 56.4 Å². The first kappa shape index (κ1) is 20.5. The van der Waals surface area contributed by atoms with Gasteiger partial charge in [-0.05, 0) is 43.5 Å². The van der Waals surface area contributed by atoms with Gasteiger partial charge < -0.3 is 16.0 Å². The van der Waals surface area contributed by atoms with Gasteiger partial charge in [0.2, 0.25) is 11.8 Å². The zero-order valence-corrected chi connectivity index (χ0v) is 14.9. The summed E-state index contributed by atoms with van der Waals surface area (Å²) in [7, 11) is 0. The molecule has 134 valence electrons. The highest BCUT2D eigenvalue weighted by Crippen LogP contribution is 2.16. The number of carbonyl (C=O) groups excluding carboxylic acids is 2. The fraction of sp³-hybridized carbons (Fsp3) is 0.556. The average molecular weight is 354 g/mol. The number of likely N-dealkylation sites (tertiary alicyclic amines) is 1. The van der Waals surface area contributed by atoms with Gasteiger partial charge in [0.25, 0.3) is 0 Å². The molecule has 1 saturated heterocycles. The molecule has 6 heteroatoms. The monoisotopic (exact) mass is 353 g/mol. The van der Waals surface area contributed by atoms with Gasteiger partial charge in [-0.2, -0.15) is 0 Å². The van der Waals surface area contributed by atoms with E-state index in [1.807, 2.05) is 29.2 Å². The van der Waals surface area contributed by atoms with E-state index in [1.54, 1.807) is 0 Å². The summed E-state index contributed by atoms with van der Waals surface area (Å²) in [4.78, 5) is 25.4. The number of halogens is 1. The zero-order valence-electron chi connectivity index (χ0n) is 14.1. The Morgan fingerprint density at radius 1 is 1.12 bits per heavy atom. The standard InChI is InChI=1S/C18H27N3O2.ClH/c19-12-4-2-1-3-6-17(22)20-16-10-8-15(9-11-16)14-21-13-5-7-18(21)23;/h8-11H,1-7,12-14,19H2,(H,20,22);1H. The topological polar surface area (TPSA) is 75.4 Å². The molecule has 0 aromatic heterocycles. The first-order valence-corrected chi connectivity index (χ1v) is 8.55. The lowest BCUT2D eigenvalue weighted by Crippen LogP contribution is -2.23. The van der Waals surface area contributed by atoms with Crippen LogP contribution in [-0.4, -0.2) is 29.8 Å². The summed E-state index contributed by atoms with van der Waals surface area (Å²) >= 11 is 0. The summed E-state index contributed by atoms with van der Waals surface area (Å²) in [6.45, 7) is 2.23. The lowest BCUT2D eigenvalue weighted by Gasteiger charge is -2.15. The van der Waals surface area contributed by atoms with Crippen molar-refractivity contribution in [2.45, 2.75) is 51.5 Å². The lowest BCUT2D eigenvalue weighted by atomic mass is 10.1. The number of hydrogen-bond acceptors (Lipinski definition) is 3. The van der Waals surface area contributed by atoms with Crippen molar-refractivity contribution in [3.63, 3.8) is 0 Å². The summed E-state index contributed by atoms with van der Waals surface area (Å²) in [6.07, 6.45) is 6.25. The van der Waals surface area contributed by atoms with Gasteiger partial charge >= 0.3 is 0 Å². The van der Waals surface area contributed by atoms with Crippen molar-refractivity contribution >= 4 is 29.9 Å². The van der Waals surface area contributed by atoms with Crippen LogP contribution in [0.1, 0.15) is 50.5 Å². The fourth-order valence-electron chi connectivity index (χ4n) is 2.79. The minimum atomic E-state index is 0. The summed E-state index contributed by atoms with van der Waals surface area (Å²) in [5.41, 5.74) is 7.35. The molecule has 5 nitrogen and oxygen atoms in total. The van der Waals surface area contributed by atoms with Gasteiger partial charge in [-0.1, -0.05) is 25.0 Å². The van der Waals surface area contributed by atoms with E-state index in [0.29, 0.717) is 19.4 Å². The number of benzene rings is 1. The van der Waals surface area contributed by atoms with E-state index in [-0.39, 0.29) is 24.2 Å². The Kier molecular flexibility index (Phi) is 9.42. The number of hydrogen-bond donors (Lipinski definition) is 2. The van der Waals surface area contributed by atoms with Crippen LogP contribution in [0.3, 0.4) is 0 Å². The van der Waals surface area contributed by atoms with Crippen LogP contribution in [0.5, 0.6) is 0 Å². The molecule has 0 atom stereocenters. The molecule has 1 fully saturated rings. The molecular weight excluding hydrogens is 326 g/mol. The Morgan fingerprint density at radius 2 is 1.83 bits per heavy atom. The number of anilines is 1. The van der Waals surface area contributed by atoms with E-state index >= 15 is 0 Å². The van der Waals surface area contributed by atoms with Crippen LogP contribution in [0.15, 0.2) is 24.3 Å². The number of unbranched alkanes of at least 4 members (excludes halogenated alkanes) is 3. The Bertz CT molecular complexity index is 520. The van der Waals surface area contributed by atoms with Gasteiger partial charge in [0.1, 0.15) is 0 Å². The summed E-state index contributed by atoms with van der Waals surface area (Å²) in [5, 5.41) is 2.92. The first-order chi connectivity index (χ1) is 11.2. The second kappa shape index (κ2) is 11.0. The fourth-order valence-corrected chi connectivity index (χ4v) is 2.79. The normalized spacial score (nSPS) is 13.7. The van der Waals surface area contributed by atoms with Crippen LogP contribution in [0.25, 0.3) is 0 Å². The molecule has 0 spiro atoms. The van der Waals surface area contributed by atoms with E-state index < -0.39 is 0 Å². The molecule has 1 aliphatic rings. The highest BCUT2D eigenvalue weighted by molar-refractivity contribution is 5.90. The molecule has 1 aromatic rings. The van der Waals surface area contributed by atoms with E-state index in [1.165, 1.54) is 0 Å². The predicted octanol–water partition coefficient (Wildman–Crippen LogP) is 3.08. The number of carbonyl (C=O) groups is 2. The molecule has 1 aliphatic heterocycles. The molecule has 3 N–H and O–H groups in total.